The lowest BCUT2D eigenvalue weighted by Gasteiger charge is -2.33. The Balaban J connectivity index is 1.77. The first-order valence-electron chi connectivity index (χ1n) is 9.30. The molecule has 0 aliphatic heterocycles. The van der Waals surface area contributed by atoms with Crippen LogP contribution in [0.4, 0.5) is 0 Å². The van der Waals surface area contributed by atoms with Crippen LogP contribution in [-0.2, 0) is 9.63 Å². The van der Waals surface area contributed by atoms with E-state index in [1.807, 2.05) is 0 Å². The van der Waals surface area contributed by atoms with Gasteiger partial charge in [0.1, 0.15) is 12.7 Å². The van der Waals surface area contributed by atoms with E-state index >= 15 is 0 Å². The molecule has 2 aliphatic rings. The fourth-order valence-corrected chi connectivity index (χ4v) is 3.60. The van der Waals surface area contributed by atoms with Crippen molar-refractivity contribution in [2.45, 2.75) is 70.5 Å². The Morgan fingerprint density at radius 2 is 2.20 bits per heavy atom. The summed E-state index contributed by atoms with van der Waals surface area (Å²) in [6.07, 6.45) is 5.29. The van der Waals surface area contributed by atoms with E-state index in [-0.39, 0.29) is 30.8 Å². The number of hydrogen-bond acceptors (Lipinski definition) is 5. The van der Waals surface area contributed by atoms with Crippen LogP contribution in [0.1, 0.15) is 58.3 Å². The van der Waals surface area contributed by atoms with Gasteiger partial charge in [-0.1, -0.05) is 43.2 Å². The summed E-state index contributed by atoms with van der Waals surface area (Å²) < 4.78 is 0. The first-order chi connectivity index (χ1) is 12.0. The molecule has 5 atom stereocenters. The molecule has 0 aromatic heterocycles. The largest absolute Gasteiger partial charge is 0.481 e. The summed E-state index contributed by atoms with van der Waals surface area (Å²) in [4.78, 5) is 15.5. The number of hydrogen-bond donors (Lipinski definition) is 3. The van der Waals surface area contributed by atoms with Gasteiger partial charge in [-0.25, -0.2) is 0 Å². The average molecular weight is 351 g/mol. The van der Waals surface area contributed by atoms with Crippen molar-refractivity contribution in [3.05, 3.63) is 0 Å². The van der Waals surface area contributed by atoms with E-state index in [1.165, 1.54) is 12.8 Å². The molecule has 0 aromatic rings. The Morgan fingerprint density at radius 1 is 1.40 bits per heavy atom. The second kappa shape index (κ2) is 9.79. The topological polar surface area (TPSA) is 99.4 Å². The minimum absolute atomic E-state index is 0.0617. The molecule has 0 aromatic carbocycles. The fourth-order valence-electron chi connectivity index (χ4n) is 3.60. The van der Waals surface area contributed by atoms with E-state index in [9.17, 15) is 15.0 Å². The number of carboxylic acids is 1. The molecule has 0 amide bonds. The molecule has 2 saturated carbocycles. The van der Waals surface area contributed by atoms with Gasteiger partial charge in [0, 0.05) is 5.92 Å². The minimum Gasteiger partial charge on any atom is -0.481 e. The lowest BCUT2D eigenvalue weighted by atomic mass is 9.71. The van der Waals surface area contributed by atoms with Crippen molar-refractivity contribution in [1.29, 1.82) is 0 Å². The monoisotopic (exact) mass is 351 g/mol. The van der Waals surface area contributed by atoms with Gasteiger partial charge in [-0.2, -0.15) is 0 Å². The van der Waals surface area contributed by atoms with Gasteiger partial charge >= 0.3 is 5.97 Å². The highest BCUT2D eigenvalue weighted by Gasteiger charge is 2.51. The normalized spacial score (nSPS) is 30.1. The number of aliphatic hydroxyl groups excluding tert-OH is 2. The van der Waals surface area contributed by atoms with Crippen molar-refractivity contribution < 1.29 is 25.0 Å². The van der Waals surface area contributed by atoms with Gasteiger partial charge < -0.3 is 20.2 Å². The van der Waals surface area contributed by atoms with Crippen LogP contribution < -0.4 is 0 Å². The Morgan fingerprint density at radius 3 is 2.92 bits per heavy atom. The van der Waals surface area contributed by atoms with Gasteiger partial charge in [0.15, 0.2) is 0 Å². The number of carbonyl (C=O) groups is 1. The number of oxime groups is 1. The van der Waals surface area contributed by atoms with Crippen LogP contribution >= 0.6 is 0 Å². The first-order valence-corrected chi connectivity index (χ1v) is 9.30. The number of fused-ring (bicyclic) bond motifs is 1. The highest BCUT2D eigenvalue weighted by molar-refractivity contribution is 5.93. The summed E-state index contributed by atoms with van der Waals surface area (Å²) in [5, 5.41) is 32.8. The van der Waals surface area contributed by atoms with Crippen molar-refractivity contribution >= 4 is 11.7 Å². The molecule has 2 aliphatic carbocycles. The maximum absolute atomic E-state index is 10.4. The highest BCUT2D eigenvalue weighted by Crippen LogP contribution is 2.48. The standard InChI is InChI=1S/C19H29NO5/c1-2-3-4-5-6-13(21)7-8-14-15-11-17(16(15)12-18(14)22)20-25-10-9-19(23)24/h13-16,18,21-22H,2-6,9-12H2,1H3,(H,23,24). The second-order valence-corrected chi connectivity index (χ2v) is 7.02. The molecule has 6 heteroatoms. The van der Waals surface area contributed by atoms with Crippen molar-refractivity contribution in [3.63, 3.8) is 0 Å². The number of carboxylic acid groups (broad SMARTS) is 1. The molecule has 3 N–H and O–H groups in total. The van der Waals surface area contributed by atoms with Crippen LogP contribution in [0.25, 0.3) is 0 Å². The maximum Gasteiger partial charge on any atom is 0.306 e. The van der Waals surface area contributed by atoms with Gasteiger partial charge in [-0.3, -0.25) is 4.79 Å². The molecular formula is C19H29NO5. The predicted octanol–water partition coefficient (Wildman–Crippen LogP) is 2.19. The minimum atomic E-state index is -0.911. The Hall–Kier alpha value is -1.58. The molecule has 0 radical (unpaired) electrons. The Kier molecular flexibility index (Phi) is 7.73. The molecule has 2 fully saturated rings. The predicted molar refractivity (Wildman–Crippen MR) is 93.9 cm³/mol. The van der Waals surface area contributed by atoms with Crippen molar-refractivity contribution in [1.82, 2.24) is 0 Å². The summed E-state index contributed by atoms with van der Waals surface area (Å²) in [6, 6.07) is 0. The number of unbranched alkanes of at least 4 members (excludes halogenated alkanes) is 3. The third-order valence-electron chi connectivity index (χ3n) is 5.10. The third-order valence-corrected chi connectivity index (χ3v) is 5.10. The zero-order valence-corrected chi connectivity index (χ0v) is 14.9. The zero-order chi connectivity index (χ0) is 18.2. The molecule has 25 heavy (non-hydrogen) atoms. The van der Waals surface area contributed by atoms with Crippen LogP contribution in [0.15, 0.2) is 5.16 Å². The number of aliphatic hydroxyl groups is 2. The first kappa shape index (κ1) is 19.7. The zero-order valence-electron chi connectivity index (χ0n) is 14.9. The smallest absolute Gasteiger partial charge is 0.306 e. The average Bonchev–Trinajstić information content (AvgIpc) is 2.80. The molecule has 140 valence electrons. The van der Waals surface area contributed by atoms with Gasteiger partial charge in [0.2, 0.25) is 0 Å². The summed E-state index contributed by atoms with van der Waals surface area (Å²) in [5.41, 5.74) is 0.888. The second-order valence-electron chi connectivity index (χ2n) is 7.02. The maximum atomic E-state index is 10.4. The van der Waals surface area contributed by atoms with E-state index in [4.69, 9.17) is 9.94 Å². The van der Waals surface area contributed by atoms with Gasteiger partial charge in [-0.15, -0.1) is 0 Å². The van der Waals surface area contributed by atoms with Gasteiger partial charge in [-0.05, 0) is 31.6 Å². The molecule has 5 unspecified atom stereocenters. The molecule has 6 nitrogen and oxygen atoms in total. The molecule has 0 spiro atoms. The van der Waals surface area contributed by atoms with Crippen LogP contribution in [-0.4, -0.2) is 45.8 Å². The Labute approximate surface area is 149 Å². The molecule has 2 rings (SSSR count). The van der Waals surface area contributed by atoms with E-state index < -0.39 is 18.2 Å². The number of aliphatic carboxylic acids is 1. The Bertz CT molecular complexity index is 536. The molecular weight excluding hydrogens is 322 g/mol. The lowest BCUT2D eigenvalue weighted by molar-refractivity contribution is -0.138. The van der Waals surface area contributed by atoms with E-state index in [1.54, 1.807) is 0 Å². The van der Waals surface area contributed by atoms with Crippen LogP contribution in [0.3, 0.4) is 0 Å². The van der Waals surface area contributed by atoms with Crippen LogP contribution in [0.5, 0.6) is 0 Å². The quantitative estimate of drug-likeness (QED) is 0.336. The van der Waals surface area contributed by atoms with Crippen molar-refractivity contribution in [2.75, 3.05) is 6.61 Å². The summed E-state index contributed by atoms with van der Waals surface area (Å²) in [5.74, 6) is 5.39. The van der Waals surface area contributed by atoms with E-state index in [2.05, 4.69) is 23.9 Å². The molecule has 0 saturated heterocycles. The van der Waals surface area contributed by atoms with Crippen molar-refractivity contribution in [2.24, 2.45) is 22.9 Å². The van der Waals surface area contributed by atoms with Crippen molar-refractivity contribution in [3.8, 4) is 11.8 Å². The highest BCUT2D eigenvalue weighted by atomic mass is 16.6. The van der Waals surface area contributed by atoms with Gasteiger partial charge in [0.25, 0.3) is 0 Å². The lowest BCUT2D eigenvalue weighted by Crippen LogP contribution is -2.36. The van der Waals surface area contributed by atoms with E-state index in [0.717, 1.165) is 25.0 Å². The number of nitrogens with zero attached hydrogens (tertiary/aromatic N) is 1. The summed E-state index contributed by atoms with van der Waals surface area (Å²) in [7, 11) is 0. The van der Waals surface area contributed by atoms with Crippen LogP contribution in [0.2, 0.25) is 0 Å². The molecule has 0 heterocycles. The van der Waals surface area contributed by atoms with Gasteiger partial charge in [0.05, 0.1) is 24.2 Å². The summed E-state index contributed by atoms with van der Waals surface area (Å²) in [6.45, 7) is 2.22. The SMILES string of the molecule is CCCCCCC(O)C#CC1C(O)CC2C(=NOCCC(=O)O)CC21. The van der Waals surface area contributed by atoms with Crippen LogP contribution in [0, 0.1) is 29.6 Å². The number of rotatable bonds is 9. The summed E-state index contributed by atoms with van der Waals surface area (Å²) >= 11 is 0. The third kappa shape index (κ3) is 5.72. The van der Waals surface area contributed by atoms with E-state index in [0.29, 0.717) is 12.8 Å². The fraction of sp³-hybridized carbons (Fsp3) is 0.789. The molecule has 0 bridgehead atoms.